The summed E-state index contributed by atoms with van der Waals surface area (Å²) >= 11 is 0. The third-order valence-corrected chi connectivity index (χ3v) is 5.35. The smallest absolute Gasteiger partial charge is 0.0533 e. The predicted octanol–water partition coefficient (Wildman–Crippen LogP) is 3.89. The normalized spacial score (nSPS) is 19.2. The van der Waals surface area contributed by atoms with E-state index in [-0.39, 0.29) is 0 Å². The topological polar surface area (TPSA) is 0 Å². The number of rotatable bonds is 3. The van der Waals surface area contributed by atoms with Crippen LogP contribution in [-0.2, 0) is 0 Å². The molecule has 0 aromatic rings. The van der Waals surface area contributed by atoms with Gasteiger partial charge >= 0.3 is 0 Å². The average Bonchev–Trinajstić information content (AvgIpc) is 2.16. The Bertz CT molecular complexity index is 137. The maximum Gasteiger partial charge on any atom is 0.103 e. The van der Waals surface area contributed by atoms with Crippen LogP contribution in [0.15, 0.2) is 0 Å². The van der Waals surface area contributed by atoms with Gasteiger partial charge in [0, 0.05) is 5.92 Å². The number of hydrogen-bond acceptors (Lipinski definition) is 0. The van der Waals surface area contributed by atoms with Gasteiger partial charge in [-0.3, -0.25) is 0 Å². The van der Waals surface area contributed by atoms with Crippen molar-refractivity contribution in [3.05, 3.63) is 0 Å². The highest BCUT2D eigenvalue weighted by Gasteiger charge is 2.15. The van der Waals surface area contributed by atoms with Crippen LogP contribution in [0.2, 0.25) is 0 Å². The number of hydrogen-bond donors (Lipinski definition) is 0. The summed E-state index contributed by atoms with van der Waals surface area (Å²) in [4.78, 5) is 0. The highest BCUT2D eigenvalue weighted by Crippen LogP contribution is 2.28. The molecular formula is C11H22P+. The van der Waals surface area contributed by atoms with Crippen molar-refractivity contribution in [1.29, 1.82) is 0 Å². The summed E-state index contributed by atoms with van der Waals surface area (Å²) < 4.78 is 0. The highest BCUT2D eigenvalue weighted by molar-refractivity contribution is 7.57. The molecule has 0 nitrogen and oxygen atoms in total. The minimum absolute atomic E-state index is 0.296. The molecule has 1 heteroatoms. The van der Waals surface area contributed by atoms with E-state index in [2.05, 4.69) is 19.6 Å². The van der Waals surface area contributed by atoms with Gasteiger partial charge in [0.2, 0.25) is 0 Å². The Morgan fingerprint density at radius 3 is 2.17 bits per heavy atom. The fraction of sp³-hybridized carbons (Fsp3) is 0.909. The monoisotopic (exact) mass is 185 g/mol. The van der Waals surface area contributed by atoms with Crippen LogP contribution in [0.3, 0.4) is 0 Å². The van der Waals surface area contributed by atoms with Gasteiger partial charge in [0.1, 0.15) is 12.3 Å². The molecule has 0 atom stereocenters. The summed E-state index contributed by atoms with van der Waals surface area (Å²) in [7, 11) is 0.296. The van der Waals surface area contributed by atoms with Crippen LogP contribution in [0.5, 0.6) is 0 Å². The minimum Gasteiger partial charge on any atom is -0.0533 e. The van der Waals surface area contributed by atoms with E-state index >= 15 is 0 Å². The summed E-state index contributed by atoms with van der Waals surface area (Å²) in [5.74, 6) is 3.69. The average molecular weight is 185 g/mol. The van der Waals surface area contributed by atoms with Crippen molar-refractivity contribution in [3.63, 3.8) is 0 Å². The summed E-state index contributed by atoms with van der Waals surface area (Å²) in [6, 6.07) is 0. The van der Waals surface area contributed by atoms with Crippen molar-refractivity contribution < 1.29 is 0 Å². The van der Waals surface area contributed by atoms with Crippen molar-refractivity contribution in [2.75, 3.05) is 12.3 Å². The van der Waals surface area contributed by atoms with Gasteiger partial charge in [0.15, 0.2) is 0 Å². The summed E-state index contributed by atoms with van der Waals surface area (Å²) in [5.41, 5.74) is 0. The van der Waals surface area contributed by atoms with E-state index in [0.717, 1.165) is 5.92 Å². The summed E-state index contributed by atoms with van der Waals surface area (Å²) in [5, 5.41) is 0. The van der Waals surface area contributed by atoms with E-state index in [0.29, 0.717) is 7.55 Å². The molecule has 1 saturated carbocycles. The first-order valence-electron chi connectivity index (χ1n) is 5.45. The van der Waals surface area contributed by atoms with E-state index < -0.39 is 0 Å². The molecule has 0 spiro atoms. The molecule has 0 aromatic carbocycles. The van der Waals surface area contributed by atoms with Crippen molar-refractivity contribution in [2.45, 2.75) is 46.0 Å². The molecule has 1 aliphatic rings. The quantitative estimate of drug-likeness (QED) is 0.585. The second-order valence-electron chi connectivity index (χ2n) is 3.77. The molecule has 0 unspecified atom stereocenters. The van der Waals surface area contributed by atoms with Crippen molar-refractivity contribution in [1.82, 2.24) is 0 Å². The third-order valence-electron chi connectivity index (χ3n) is 2.88. The van der Waals surface area contributed by atoms with Gasteiger partial charge < -0.3 is 0 Å². The maximum atomic E-state index is 2.70. The van der Waals surface area contributed by atoms with Crippen LogP contribution in [0.1, 0.15) is 46.0 Å². The highest BCUT2D eigenvalue weighted by atomic mass is 31.1. The van der Waals surface area contributed by atoms with E-state index in [4.69, 9.17) is 0 Å². The van der Waals surface area contributed by atoms with Gasteiger partial charge in [0.25, 0.3) is 0 Å². The molecule has 0 amide bonds. The lowest BCUT2D eigenvalue weighted by Gasteiger charge is -2.15. The van der Waals surface area contributed by atoms with Crippen molar-refractivity contribution in [3.8, 4) is 0 Å². The molecule has 0 radical (unpaired) electrons. The van der Waals surface area contributed by atoms with Gasteiger partial charge in [-0.25, -0.2) is 0 Å². The summed E-state index contributed by atoms with van der Waals surface area (Å²) in [6.45, 7) is 4.68. The third kappa shape index (κ3) is 3.27. The van der Waals surface area contributed by atoms with Crippen LogP contribution in [-0.4, -0.2) is 18.1 Å². The molecule has 1 rings (SSSR count). The Kier molecular flexibility index (Phi) is 4.92. The zero-order valence-electron chi connectivity index (χ0n) is 8.55. The molecule has 1 aliphatic carbocycles. The first-order valence-corrected chi connectivity index (χ1v) is 7.24. The molecule has 0 saturated heterocycles. The second kappa shape index (κ2) is 5.75. The Morgan fingerprint density at radius 2 is 1.67 bits per heavy atom. The molecular weight excluding hydrogens is 163 g/mol. The minimum atomic E-state index is 0.296. The van der Waals surface area contributed by atoms with Crippen molar-refractivity contribution in [2.24, 2.45) is 5.92 Å². The zero-order valence-corrected chi connectivity index (χ0v) is 9.45. The molecule has 0 bridgehead atoms. The first-order chi connectivity index (χ1) is 5.86. The molecule has 70 valence electrons. The van der Waals surface area contributed by atoms with Crippen LogP contribution < -0.4 is 0 Å². The van der Waals surface area contributed by atoms with E-state index in [1.54, 1.807) is 0 Å². The molecule has 0 heterocycles. The van der Waals surface area contributed by atoms with Crippen LogP contribution in [0, 0.1) is 5.92 Å². The van der Waals surface area contributed by atoms with E-state index in [1.165, 1.54) is 44.4 Å². The van der Waals surface area contributed by atoms with Crippen LogP contribution in [0.4, 0.5) is 0 Å². The molecule has 12 heavy (non-hydrogen) atoms. The fourth-order valence-corrected chi connectivity index (χ4v) is 3.78. The Morgan fingerprint density at radius 1 is 1.08 bits per heavy atom. The van der Waals surface area contributed by atoms with Crippen LogP contribution >= 0.6 is 7.55 Å². The predicted molar refractivity (Wildman–Crippen MR) is 60.6 cm³/mol. The van der Waals surface area contributed by atoms with Gasteiger partial charge in [-0.1, -0.05) is 19.3 Å². The van der Waals surface area contributed by atoms with Crippen LogP contribution in [0.25, 0.3) is 0 Å². The molecule has 0 aliphatic heterocycles. The lowest BCUT2D eigenvalue weighted by Crippen LogP contribution is -2.07. The van der Waals surface area contributed by atoms with Gasteiger partial charge in [-0.2, -0.15) is 0 Å². The lowest BCUT2D eigenvalue weighted by molar-refractivity contribution is 0.447. The second-order valence-corrected chi connectivity index (χ2v) is 6.51. The van der Waals surface area contributed by atoms with Gasteiger partial charge in [-0.05, 0) is 26.7 Å². The lowest BCUT2D eigenvalue weighted by atomic mass is 9.91. The Balaban J connectivity index is 2.39. The SMILES string of the molecule is CC[P+](=CC1CCCCC1)CC. The van der Waals surface area contributed by atoms with Gasteiger partial charge in [0.05, 0.1) is 13.3 Å². The van der Waals surface area contributed by atoms with E-state index in [9.17, 15) is 0 Å². The van der Waals surface area contributed by atoms with Crippen molar-refractivity contribution >= 4 is 13.3 Å². The Labute approximate surface area is 78.1 Å². The standard InChI is InChI=1S/C11H22P/c1-3-12(4-2)10-11-8-6-5-7-9-11/h10-11H,3-9H2,1-2H3/q+1. The first kappa shape index (κ1) is 10.3. The maximum absolute atomic E-state index is 2.70. The van der Waals surface area contributed by atoms with E-state index in [1.807, 2.05) is 0 Å². The largest absolute Gasteiger partial charge is 0.103 e. The molecule has 1 fully saturated rings. The summed E-state index contributed by atoms with van der Waals surface area (Å²) in [6.07, 6.45) is 10.2. The Hall–Kier alpha value is 0.170. The fourth-order valence-electron chi connectivity index (χ4n) is 2.02. The van der Waals surface area contributed by atoms with Gasteiger partial charge in [-0.15, -0.1) is 0 Å². The molecule has 0 N–H and O–H groups in total. The molecule has 0 aromatic heterocycles. The zero-order chi connectivity index (χ0) is 8.81.